The molecule has 8 heteroatoms. The fraction of sp³-hybridized carbons (Fsp3) is 0.294. The van der Waals surface area contributed by atoms with Gasteiger partial charge in [-0.05, 0) is 23.8 Å². The van der Waals surface area contributed by atoms with E-state index in [1.54, 1.807) is 31.3 Å². The summed E-state index contributed by atoms with van der Waals surface area (Å²) in [6.45, 7) is 1.74. The summed E-state index contributed by atoms with van der Waals surface area (Å²) in [6.07, 6.45) is 3.34. The van der Waals surface area contributed by atoms with E-state index in [9.17, 15) is 13.2 Å². The number of rotatable bonds is 6. The van der Waals surface area contributed by atoms with Gasteiger partial charge < -0.3 is 14.8 Å². The maximum absolute atomic E-state index is 13.2. The van der Waals surface area contributed by atoms with E-state index in [1.165, 1.54) is 18.3 Å². The van der Waals surface area contributed by atoms with Crippen molar-refractivity contribution in [2.24, 2.45) is 0 Å². The van der Waals surface area contributed by atoms with Crippen LogP contribution in [0.3, 0.4) is 0 Å². The molecule has 3 rings (SSSR count). The van der Waals surface area contributed by atoms with Gasteiger partial charge in [-0.3, -0.25) is 9.78 Å². The van der Waals surface area contributed by atoms with Gasteiger partial charge >= 0.3 is 0 Å². The van der Waals surface area contributed by atoms with Crippen LogP contribution in [0.2, 0.25) is 0 Å². The van der Waals surface area contributed by atoms with Crippen LogP contribution in [-0.4, -0.2) is 32.6 Å². The molecule has 0 spiro atoms. The summed E-state index contributed by atoms with van der Waals surface area (Å²) in [4.78, 5) is 15.7. The molecule has 1 N–H and O–H groups in total. The first-order valence-electron chi connectivity index (χ1n) is 7.82. The van der Waals surface area contributed by atoms with Crippen LogP contribution in [0.15, 0.2) is 47.6 Å². The van der Waals surface area contributed by atoms with Gasteiger partial charge in [0.15, 0.2) is 21.3 Å². The molecule has 25 heavy (non-hydrogen) atoms. The van der Waals surface area contributed by atoms with Gasteiger partial charge in [-0.15, -0.1) is 0 Å². The number of benzene rings is 1. The second-order valence-electron chi connectivity index (χ2n) is 5.49. The average molecular weight is 362 g/mol. The van der Waals surface area contributed by atoms with Gasteiger partial charge in [0.1, 0.15) is 5.25 Å². The predicted molar refractivity (Wildman–Crippen MR) is 90.0 cm³/mol. The van der Waals surface area contributed by atoms with Crippen LogP contribution >= 0.6 is 0 Å². The van der Waals surface area contributed by atoms with Crippen molar-refractivity contribution in [1.82, 2.24) is 10.3 Å². The molecule has 1 atom stereocenters. The number of aromatic nitrogens is 1. The Balaban J connectivity index is 1.97. The standard InChI is InChI=1S/C17H18N2O5S/c1-2-17(20)19-10-16(12-4-3-7-18-9-12)25(21,22)13-5-6-14-15(8-13)24-11-23-14/h3-9,16H,2,10-11H2,1H3,(H,19,20)/t16-/m0/s1. The van der Waals surface area contributed by atoms with E-state index in [2.05, 4.69) is 10.3 Å². The van der Waals surface area contributed by atoms with E-state index in [1.807, 2.05) is 0 Å². The van der Waals surface area contributed by atoms with Crippen molar-refractivity contribution in [1.29, 1.82) is 0 Å². The van der Waals surface area contributed by atoms with Gasteiger partial charge in [-0.25, -0.2) is 8.42 Å². The molecule has 0 saturated heterocycles. The lowest BCUT2D eigenvalue weighted by Crippen LogP contribution is -2.31. The Hall–Kier alpha value is -2.61. The van der Waals surface area contributed by atoms with Crippen LogP contribution in [0, 0.1) is 0 Å². The maximum Gasteiger partial charge on any atom is 0.231 e. The first-order valence-corrected chi connectivity index (χ1v) is 9.37. The lowest BCUT2D eigenvalue weighted by atomic mass is 10.2. The molecule has 2 aromatic rings. The first kappa shape index (κ1) is 17.2. The topological polar surface area (TPSA) is 94.6 Å². The summed E-state index contributed by atoms with van der Waals surface area (Å²) in [5.41, 5.74) is 0.511. The van der Waals surface area contributed by atoms with Crippen molar-refractivity contribution >= 4 is 15.7 Å². The fourth-order valence-electron chi connectivity index (χ4n) is 2.52. The number of hydrogen-bond donors (Lipinski definition) is 1. The van der Waals surface area contributed by atoms with Crippen molar-refractivity contribution in [2.45, 2.75) is 23.5 Å². The molecule has 0 radical (unpaired) electrons. The molecule has 0 saturated carbocycles. The number of nitrogens with zero attached hydrogens (tertiary/aromatic N) is 1. The summed E-state index contributed by atoms with van der Waals surface area (Å²) in [7, 11) is -3.77. The van der Waals surface area contributed by atoms with Crippen LogP contribution in [-0.2, 0) is 14.6 Å². The van der Waals surface area contributed by atoms with Crippen molar-refractivity contribution in [3.63, 3.8) is 0 Å². The minimum absolute atomic E-state index is 0.0326. The van der Waals surface area contributed by atoms with Crippen LogP contribution in [0.5, 0.6) is 11.5 Å². The van der Waals surface area contributed by atoms with Gasteiger partial charge in [0, 0.05) is 31.4 Å². The van der Waals surface area contributed by atoms with Gasteiger partial charge in [-0.1, -0.05) is 13.0 Å². The summed E-state index contributed by atoms with van der Waals surface area (Å²) < 4.78 is 36.8. The summed E-state index contributed by atoms with van der Waals surface area (Å²) in [5.74, 6) is 0.689. The monoisotopic (exact) mass is 362 g/mol. The van der Waals surface area contributed by atoms with Crippen molar-refractivity contribution in [3.8, 4) is 11.5 Å². The van der Waals surface area contributed by atoms with Gasteiger partial charge in [0.2, 0.25) is 12.7 Å². The predicted octanol–water partition coefficient (Wildman–Crippen LogP) is 1.85. The number of sulfone groups is 1. The van der Waals surface area contributed by atoms with Crippen molar-refractivity contribution in [3.05, 3.63) is 48.3 Å². The molecular formula is C17H18N2O5S. The lowest BCUT2D eigenvalue weighted by Gasteiger charge is -2.18. The minimum atomic E-state index is -3.77. The number of ether oxygens (including phenoxy) is 2. The third-order valence-electron chi connectivity index (χ3n) is 3.91. The van der Waals surface area contributed by atoms with Crippen LogP contribution in [0.25, 0.3) is 0 Å². The highest BCUT2D eigenvalue weighted by molar-refractivity contribution is 7.91. The number of amides is 1. The van der Waals surface area contributed by atoms with E-state index < -0.39 is 15.1 Å². The Bertz CT molecular complexity index is 868. The highest BCUT2D eigenvalue weighted by atomic mass is 32.2. The molecule has 0 aliphatic carbocycles. The Morgan fingerprint density at radius 2 is 2.08 bits per heavy atom. The number of nitrogens with one attached hydrogen (secondary N) is 1. The average Bonchev–Trinajstić information content (AvgIpc) is 3.10. The largest absolute Gasteiger partial charge is 0.454 e. The highest BCUT2D eigenvalue weighted by Gasteiger charge is 2.31. The molecule has 0 bridgehead atoms. The molecule has 1 aromatic carbocycles. The molecule has 1 aromatic heterocycles. The van der Waals surface area contributed by atoms with Gasteiger partial charge in [0.05, 0.1) is 4.90 Å². The number of hydrogen-bond acceptors (Lipinski definition) is 6. The number of carbonyl (C=O) groups is 1. The molecular weight excluding hydrogens is 344 g/mol. The van der Waals surface area contributed by atoms with Gasteiger partial charge in [-0.2, -0.15) is 0 Å². The first-order chi connectivity index (χ1) is 12.0. The quantitative estimate of drug-likeness (QED) is 0.843. The van der Waals surface area contributed by atoms with Crippen LogP contribution < -0.4 is 14.8 Å². The highest BCUT2D eigenvalue weighted by Crippen LogP contribution is 2.37. The zero-order valence-electron chi connectivity index (χ0n) is 13.6. The second-order valence-corrected chi connectivity index (χ2v) is 7.62. The van der Waals surface area contributed by atoms with E-state index in [-0.39, 0.29) is 30.6 Å². The molecule has 7 nitrogen and oxygen atoms in total. The maximum atomic E-state index is 13.2. The number of pyridine rings is 1. The normalized spacial score (nSPS) is 14.1. The molecule has 1 amide bonds. The molecule has 0 fully saturated rings. The Kier molecular flexibility index (Phi) is 4.89. The van der Waals surface area contributed by atoms with E-state index >= 15 is 0 Å². The minimum Gasteiger partial charge on any atom is -0.454 e. The van der Waals surface area contributed by atoms with E-state index in [4.69, 9.17) is 9.47 Å². The molecule has 1 aliphatic heterocycles. The van der Waals surface area contributed by atoms with Crippen molar-refractivity contribution < 1.29 is 22.7 Å². The van der Waals surface area contributed by atoms with E-state index in [0.29, 0.717) is 17.1 Å². The zero-order valence-corrected chi connectivity index (χ0v) is 14.5. The third-order valence-corrected chi connectivity index (χ3v) is 6.01. The Labute approximate surface area is 145 Å². The SMILES string of the molecule is CCC(=O)NC[C@@H](c1cccnc1)S(=O)(=O)c1ccc2c(c1)OCO2. The smallest absolute Gasteiger partial charge is 0.231 e. The van der Waals surface area contributed by atoms with E-state index in [0.717, 1.165) is 0 Å². The summed E-state index contributed by atoms with van der Waals surface area (Å²) in [6, 6.07) is 7.84. The lowest BCUT2D eigenvalue weighted by molar-refractivity contribution is -0.120. The Morgan fingerprint density at radius 1 is 1.28 bits per heavy atom. The molecule has 0 unspecified atom stereocenters. The van der Waals surface area contributed by atoms with Crippen LogP contribution in [0.1, 0.15) is 24.2 Å². The van der Waals surface area contributed by atoms with Gasteiger partial charge in [0.25, 0.3) is 0 Å². The molecule has 132 valence electrons. The number of carbonyl (C=O) groups excluding carboxylic acids is 1. The Morgan fingerprint density at radius 3 is 2.80 bits per heavy atom. The van der Waals surface area contributed by atoms with Crippen LogP contribution in [0.4, 0.5) is 0 Å². The fourth-order valence-corrected chi connectivity index (χ4v) is 4.18. The molecule has 1 aliphatic rings. The summed E-state index contributed by atoms with van der Waals surface area (Å²) in [5, 5.41) is 1.71. The summed E-state index contributed by atoms with van der Waals surface area (Å²) >= 11 is 0. The number of fused-ring (bicyclic) bond motifs is 1. The second kappa shape index (κ2) is 7.10. The zero-order chi connectivity index (χ0) is 17.9. The molecule has 2 heterocycles. The third kappa shape index (κ3) is 3.58. The van der Waals surface area contributed by atoms with Crippen molar-refractivity contribution in [2.75, 3.05) is 13.3 Å².